The van der Waals surface area contributed by atoms with Gasteiger partial charge in [0.05, 0.1) is 4.92 Å². The molecule has 0 saturated carbocycles. The normalized spacial score (nSPS) is 19.4. The highest BCUT2D eigenvalue weighted by Crippen LogP contribution is 2.27. The summed E-state index contributed by atoms with van der Waals surface area (Å²) in [5.74, 6) is 0. The first-order chi connectivity index (χ1) is 9.67. The minimum absolute atomic E-state index is 0.0316. The Morgan fingerprint density at radius 2 is 2.40 bits per heavy atom. The van der Waals surface area contributed by atoms with Gasteiger partial charge in [-0.1, -0.05) is 0 Å². The minimum atomic E-state index is -0.425. The molecule has 1 aromatic heterocycles. The maximum Gasteiger partial charge on any atom is 0.298 e. The zero-order chi connectivity index (χ0) is 14.1. The molecule has 1 saturated heterocycles. The molecule has 7 nitrogen and oxygen atoms in total. The number of fused-ring (bicyclic) bond motifs is 1. The first-order valence-corrected chi connectivity index (χ1v) is 6.64. The van der Waals surface area contributed by atoms with Gasteiger partial charge >= 0.3 is 0 Å². The van der Waals surface area contributed by atoms with E-state index in [-0.39, 0.29) is 5.69 Å². The summed E-state index contributed by atoms with van der Waals surface area (Å²) >= 11 is 0. The van der Waals surface area contributed by atoms with Crippen molar-refractivity contribution in [2.45, 2.75) is 18.9 Å². The first-order valence-electron chi connectivity index (χ1n) is 6.64. The van der Waals surface area contributed by atoms with Gasteiger partial charge in [0.15, 0.2) is 5.58 Å². The summed E-state index contributed by atoms with van der Waals surface area (Å²) < 4.78 is 5.70. The van der Waals surface area contributed by atoms with E-state index in [0.717, 1.165) is 25.9 Å². The molecule has 0 unspecified atom stereocenters. The Morgan fingerprint density at radius 3 is 3.15 bits per heavy atom. The quantitative estimate of drug-likeness (QED) is 0.681. The zero-order valence-electron chi connectivity index (χ0n) is 11.2. The summed E-state index contributed by atoms with van der Waals surface area (Å²) in [5.41, 5.74) is 1.14. The van der Waals surface area contributed by atoms with Gasteiger partial charge in [0.25, 0.3) is 11.7 Å². The zero-order valence-corrected chi connectivity index (χ0v) is 11.2. The molecule has 106 valence electrons. The fourth-order valence-corrected chi connectivity index (χ4v) is 2.54. The van der Waals surface area contributed by atoms with Crippen LogP contribution in [-0.2, 0) is 0 Å². The van der Waals surface area contributed by atoms with Crippen LogP contribution in [0.2, 0.25) is 0 Å². The summed E-state index contributed by atoms with van der Waals surface area (Å²) in [5, 5.41) is 14.0. The lowest BCUT2D eigenvalue weighted by molar-refractivity contribution is -0.384. The average Bonchev–Trinajstić information content (AvgIpc) is 2.90. The third kappa shape index (κ3) is 2.32. The van der Waals surface area contributed by atoms with Crippen LogP contribution in [0.1, 0.15) is 12.8 Å². The van der Waals surface area contributed by atoms with Crippen LogP contribution in [-0.4, -0.2) is 36.1 Å². The van der Waals surface area contributed by atoms with E-state index < -0.39 is 4.92 Å². The van der Waals surface area contributed by atoms with Crippen molar-refractivity contribution >= 4 is 22.8 Å². The molecule has 1 aliphatic rings. The smallest absolute Gasteiger partial charge is 0.298 e. The molecular weight excluding hydrogens is 260 g/mol. The van der Waals surface area contributed by atoms with Gasteiger partial charge in [-0.2, -0.15) is 4.98 Å². The number of piperidine rings is 1. The number of non-ortho nitro benzene ring substituents is 1. The molecule has 0 aliphatic carbocycles. The number of benzene rings is 1. The summed E-state index contributed by atoms with van der Waals surface area (Å²) in [6.07, 6.45) is 2.21. The number of anilines is 1. The van der Waals surface area contributed by atoms with Crippen LogP contribution in [0.25, 0.3) is 11.1 Å². The standard InChI is InChI=1S/C13H16N4O3/c1-14-9-3-2-6-16(8-9)13-15-11-7-10(17(18)19)4-5-12(11)20-13/h4-5,7,9,14H,2-3,6,8H2,1H3/t9-/m1/s1. The molecule has 0 spiro atoms. The van der Waals surface area contributed by atoms with E-state index in [4.69, 9.17) is 4.42 Å². The van der Waals surface area contributed by atoms with Crippen LogP contribution in [0.3, 0.4) is 0 Å². The molecule has 1 aromatic carbocycles. The van der Waals surface area contributed by atoms with E-state index in [2.05, 4.69) is 15.2 Å². The third-order valence-corrected chi connectivity index (χ3v) is 3.67. The maximum absolute atomic E-state index is 10.8. The molecule has 20 heavy (non-hydrogen) atoms. The molecular formula is C13H16N4O3. The van der Waals surface area contributed by atoms with E-state index >= 15 is 0 Å². The van der Waals surface area contributed by atoms with Crippen LogP contribution < -0.4 is 10.2 Å². The Morgan fingerprint density at radius 1 is 1.55 bits per heavy atom. The number of aromatic nitrogens is 1. The molecule has 1 atom stereocenters. The second-order valence-electron chi connectivity index (χ2n) is 4.98. The molecule has 2 heterocycles. The number of nitrogens with one attached hydrogen (secondary N) is 1. The van der Waals surface area contributed by atoms with E-state index in [0.29, 0.717) is 23.2 Å². The Labute approximate surface area is 115 Å². The summed E-state index contributed by atoms with van der Waals surface area (Å²) in [6, 6.07) is 5.45. The molecule has 1 N–H and O–H groups in total. The number of hydrogen-bond acceptors (Lipinski definition) is 6. The highest BCUT2D eigenvalue weighted by molar-refractivity contribution is 5.77. The van der Waals surface area contributed by atoms with Gasteiger partial charge in [0.2, 0.25) is 0 Å². The minimum Gasteiger partial charge on any atom is -0.423 e. The number of likely N-dealkylation sites (N-methyl/N-ethyl adjacent to an activating group) is 1. The van der Waals surface area contributed by atoms with Gasteiger partial charge in [-0.15, -0.1) is 0 Å². The number of rotatable bonds is 3. The third-order valence-electron chi connectivity index (χ3n) is 3.67. The summed E-state index contributed by atoms with van der Waals surface area (Å²) in [4.78, 5) is 16.8. The Kier molecular flexibility index (Phi) is 3.27. The summed E-state index contributed by atoms with van der Waals surface area (Å²) in [7, 11) is 1.95. The van der Waals surface area contributed by atoms with Crippen LogP contribution in [0.5, 0.6) is 0 Å². The average molecular weight is 276 g/mol. The lowest BCUT2D eigenvalue weighted by atomic mass is 10.1. The van der Waals surface area contributed by atoms with Gasteiger partial charge in [0, 0.05) is 31.3 Å². The number of hydrogen-bond donors (Lipinski definition) is 1. The molecule has 2 aromatic rings. The molecule has 1 aliphatic heterocycles. The van der Waals surface area contributed by atoms with Gasteiger partial charge in [0.1, 0.15) is 5.52 Å². The van der Waals surface area contributed by atoms with Gasteiger partial charge in [-0.25, -0.2) is 0 Å². The van der Waals surface area contributed by atoms with Crippen LogP contribution in [0.15, 0.2) is 22.6 Å². The topological polar surface area (TPSA) is 84.4 Å². The van der Waals surface area contributed by atoms with Gasteiger partial charge in [-0.3, -0.25) is 10.1 Å². The molecule has 3 rings (SSSR count). The molecule has 0 radical (unpaired) electrons. The fourth-order valence-electron chi connectivity index (χ4n) is 2.54. The molecule has 7 heteroatoms. The monoisotopic (exact) mass is 276 g/mol. The van der Waals surface area contributed by atoms with Crippen LogP contribution in [0.4, 0.5) is 11.7 Å². The Balaban J connectivity index is 1.90. The van der Waals surface area contributed by atoms with Gasteiger partial charge in [-0.05, 0) is 26.0 Å². The predicted octanol–water partition coefficient (Wildman–Crippen LogP) is 1.92. The number of oxazole rings is 1. The number of nitrogens with zero attached hydrogens (tertiary/aromatic N) is 3. The van der Waals surface area contributed by atoms with Gasteiger partial charge < -0.3 is 14.6 Å². The van der Waals surface area contributed by atoms with Crippen LogP contribution in [0, 0.1) is 10.1 Å². The SMILES string of the molecule is CN[C@@H]1CCCN(c2nc3cc([N+](=O)[O-])ccc3o2)C1. The maximum atomic E-state index is 10.8. The van der Waals surface area contributed by atoms with Crippen LogP contribution >= 0.6 is 0 Å². The highest BCUT2D eigenvalue weighted by atomic mass is 16.6. The molecule has 0 amide bonds. The predicted molar refractivity (Wildman–Crippen MR) is 75.0 cm³/mol. The van der Waals surface area contributed by atoms with Crippen molar-refractivity contribution in [3.05, 3.63) is 28.3 Å². The van der Waals surface area contributed by atoms with Crippen molar-refractivity contribution in [1.29, 1.82) is 0 Å². The van der Waals surface area contributed by atoms with E-state index in [1.807, 2.05) is 7.05 Å². The van der Waals surface area contributed by atoms with E-state index in [1.54, 1.807) is 6.07 Å². The first kappa shape index (κ1) is 12.9. The van der Waals surface area contributed by atoms with Crippen molar-refractivity contribution in [1.82, 2.24) is 10.3 Å². The largest absolute Gasteiger partial charge is 0.423 e. The summed E-state index contributed by atoms with van der Waals surface area (Å²) in [6.45, 7) is 1.73. The fraction of sp³-hybridized carbons (Fsp3) is 0.462. The van der Waals surface area contributed by atoms with Crippen molar-refractivity contribution in [2.24, 2.45) is 0 Å². The van der Waals surface area contributed by atoms with E-state index in [9.17, 15) is 10.1 Å². The number of nitro groups is 1. The molecule has 0 bridgehead atoms. The second-order valence-corrected chi connectivity index (χ2v) is 4.98. The highest BCUT2D eigenvalue weighted by Gasteiger charge is 2.22. The van der Waals surface area contributed by atoms with E-state index in [1.165, 1.54) is 12.1 Å². The Bertz CT molecular complexity index is 640. The van der Waals surface area contributed by atoms with Crippen molar-refractivity contribution in [3.8, 4) is 0 Å². The van der Waals surface area contributed by atoms with Crippen molar-refractivity contribution < 1.29 is 9.34 Å². The van der Waals surface area contributed by atoms with Crippen molar-refractivity contribution in [2.75, 3.05) is 25.0 Å². The number of nitro benzene ring substituents is 1. The Hall–Kier alpha value is -2.15. The molecule has 1 fully saturated rings. The van der Waals surface area contributed by atoms with Crippen molar-refractivity contribution in [3.63, 3.8) is 0 Å². The lowest BCUT2D eigenvalue weighted by Crippen LogP contribution is -2.44. The second kappa shape index (κ2) is 5.09. The lowest BCUT2D eigenvalue weighted by Gasteiger charge is -2.31.